The second kappa shape index (κ2) is 9.28. The van der Waals surface area contributed by atoms with Crippen LogP contribution >= 0.6 is 23.2 Å². The van der Waals surface area contributed by atoms with Crippen LogP contribution in [0.5, 0.6) is 0 Å². The van der Waals surface area contributed by atoms with Crippen LogP contribution in [-0.2, 0) is 0 Å². The summed E-state index contributed by atoms with van der Waals surface area (Å²) in [4.78, 5) is 34.4. The highest BCUT2D eigenvalue weighted by molar-refractivity contribution is 6.30. The Bertz CT molecular complexity index is 1340. The highest BCUT2D eigenvalue weighted by Gasteiger charge is 2.25. The molecule has 0 unspecified atom stereocenters. The lowest BCUT2D eigenvalue weighted by molar-refractivity contribution is 0.208. The first-order valence-corrected chi connectivity index (χ1v) is 11.3. The lowest BCUT2D eigenvalue weighted by Crippen LogP contribution is -2.50. The summed E-state index contributed by atoms with van der Waals surface area (Å²) in [6.07, 6.45) is 1.65. The van der Waals surface area contributed by atoms with E-state index in [0.29, 0.717) is 64.6 Å². The molecule has 2 aromatic carbocycles. The molecular formula is C23H20Cl2N8O. The topological polar surface area (TPSA) is 113 Å². The molecule has 9 nitrogen and oxygen atoms in total. The van der Waals surface area contributed by atoms with Crippen LogP contribution in [0.4, 0.5) is 22.2 Å². The van der Waals surface area contributed by atoms with Crippen molar-refractivity contribution in [3.05, 3.63) is 64.8 Å². The van der Waals surface area contributed by atoms with Gasteiger partial charge >= 0.3 is 6.03 Å². The van der Waals surface area contributed by atoms with E-state index in [-0.39, 0.29) is 12.0 Å². The number of carbonyl (C=O) groups is 1. The Morgan fingerprint density at radius 2 is 1.53 bits per heavy atom. The smallest absolute Gasteiger partial charge is 0.321 e. The van der Waals surface area contributed by atoms with E-state index < -0.39 is 0 Å². The number of halogens is 2. The monoisotopic (exact) mass is 494 g/mol. The molecule has 3 heterocycles. The van der Waals surface area contributed by atoms with Gasteiger partial charge in [-0.15, -0.1) is 0 Å². The van der Waals surface area contributed by atoms with E-state index in [4.69, 9.17) is 33.9 Å². The molecule has 0 atom stereocenters. The van der Waals surface area contributed by atoms with Gasteiger partial charge in [0, 0.05) is 47.5 Å². The molecule has 1 saturated heterocycles. The van der Waals surface area contributed by atoms with Gasteiger partial charge in [0.05, 0.1) is 11.9 Å². The molecule has 4 aromatic rings. The van der Waals surface area contributed by atoms with E-state index in [9.17, 15) is 4.79 Å². The number of piperazine rings is 1. The minimum atomic E-state index is -0.168. The third-order valence-corrected chi connectivity index (χ3v) is 6.01. The molecule has 0 aliphatic carbocycles. The maximum Gasteiger partial charge on any atom is 0.321 e. The van der Waals surface area contributed by atoms with Crippen molar-refractivity contribution in [3.8, 4) is 11.3 Å². The number of nitrogens with one attached hydrogen (secondary N) is 1. The number of amides is 2. The standard InChI is InChI=1S/C23H20Cl2N8O/c24-15-3-1-14(2-4-15)18-13-27-20-19(29-18)21(31-22(26)30-20)32-9-11-33(12-10-32)23(34)28-17-7-5-16(25)6-8-17/h1-8,13H,9-12H2,(H,28,34)(H2,26,27,30,31). The Morgan fingerprint density at radius 3 is 2.21 bits per heavy atom. The number of urea groups is 1. The van der Waals surface area contributed by atoms with Crippen molar-refractivity contribution in [2.24, 2.45) is 0 Å². The van der Waals surface area contributed by atoms with Gasteiger partial charge in [0.1, 0.15) is 0 Å². The average molecular weight is 495 g/mol. The van der Waals surface area contributed by atoms with Crippen LogP contribution in [-0.4, -0.2) is 57.0 Å². The normalized spacial score (nSPS) is 13.8. The van der Waals surface area contributed by atoms with E-state index in [1.54, 1.807) is 47.5 Å². The van der Waals surface area contributed by atoms with Crippen LogP contribution in [0.3, 0.4) is 0 Å². The zero-order chi connectivity index (χ0) is 23.7. The minimum absolute atomic E-state index is 0.124. The number of anilines is 3. The van der Waals surface area contributed by atoms with Gasteiger partial charge in [-0.2, -0.15) is 9.97 Å². The van der Waals surface area contributed by atoms with Crippen molar-refractivity contribution in [3.63, 3.8) is 0 Å². The number of hydrogen-bond acceptors (Lipinski definition) is 7. The molecule has 172 valence electrons. The number of rotatable bonds is 3. The van der Waals surface area contributed by atoms with Crippen LogP contribution in [0.1, 0.15) is 0 Å². The number of nitrogen functional groups attached to an aromatic ring is 1. The molecule has 1 aliphatic rings. The van der Waals surface area contributed by atoms with Gasteiger partial charge in [-0.3, -0.25) is 0 Å². The Hall–Kier alpha value is -3.69. The Labute approximate surface area is 205 Å². The first kappa shape index (κ1) is 22.1. The summed E-state index contributed by atoms with van der Waals surface area (Å²) >= 11 is 11.9. The fourth-order valence-electron chi connectivity index (χ4n) is 3.75. The van der Waals surface area contributed by atoms with Crippen molar-refractivity contribution in [2.45, 2.75) is 0 Å². The maximum absolute atomic E-state index is 12.7. The summed E-state index contributed by atoms with van der Waals surface area (Å²) in [5.41, 5.74) is 9.18. The fraction of sp³-hybridized carbons (Fsp3) is 0.174. The van der Waals surface area contributed by atoms with Crippen molar-refractivity contribution in [2.75, 3.05) is 42.1 Å². The molecular weight excluding hydrogens is 475 g/mol. The summed E-state index contributed by atoms with van der Waals surface area (Å²) in [5, 5.41) is 4.16. The van der Waals surface area contributed by atoms with Gasteiger partial charge in [-0.1, -0.05) is 35.3 Å². The molecule has 2 aromatic heterocycles. The molecule has 0 saturated carbocycles. The van der Waals surface area contributed by atoms with Gasteiger partial charge in [0.15, 0.2) is 17.0 Å². The van der Waals surface area contributed by atoms with E-state index in [0.717, 1.165) is 5.56 Å². The van der Waals surface area contributed by atoms with E-state index in [2.05, 4.69) is 20.3 Å². The number of hydrogen-bond donors (Lipinski definition) is 2. The van der Waals surface area contributed by atoms with E-state index in [1.165, 1.54) is 0 Å². The third kappa shape index (κ3) is 4.66. The van der Waals surface area contributed by atoms with Gasteiger partial charge < -0.3 is 20.9 Å². The summed E-state index contributed by atoms with van der Waals surface area (Å²) in [5.74, 6) is 0.725. The fourth-order valence-corrected chi connectivity index (χ4v) is 4.00. The SMILES string of the molecule is Nc1nc(N2CCN(C(=O)Nc3ccc(Cl)cc3)CC2)c2nc(-c3ccc(Cl)cc3)cnc2n1. The van der Waals surface area contributed by atoms with Gasteiger partial charge in [0.25, 0.3) is 0 Å². The molecule has 0 radical (unpaired) electrons. The molecule has 34 heavy (non-hydrogen) atoms. The Kier molecular flexibility index (Phi) is 6.04. The third-order valence-electron chi connectivity index (χ3n) is 5.51. The number of benzene rings is 2. The highest BCUT2D eigenvalue weighted by atomic mass is 35.5. The summed E-state index contributed by atoms with van der Waals surface area (Å²) in [6.45, 7) is 2.14. The number of carbonyl (C=O) groups excluding carboxylic acids is 1. The van der Waals surface area contributed by atoms with Crippen LogP contribution in [0, 0.1) is 0 Å². The average Bonchev–Trinajstić information content (AvgIpc) is 2.85. The predicted octanol–water partition coefficient (Wildman–Crippen LogP) is 4.33. The van der Waals surface area contributed by atoms with Crippen molar-refractivity contribution >= 4 is 57.9 Å². The maximum atomic E-state index is 12.7. The Morgan fingerprint density at radius 1 is 0.882 bits per heavy atom. The second-order valence-electron chi connectivity index (χ2n) is 7.75. The van der Waals surface area contributed by atoms with Crippen LogP contribution in [0.25, 0.3) is 22.4 Å². The molecule has 0 spiro atoms. The largest absolute Gasteiger partial charge is 0.368 e. The van der Waals surface area contributed by atoms with Crippen molar-refractivity contribution in [1.29, 1.82) is 0 Å². The second-order valence-corrected chi connectivity index (χ2v) is 8.62. The minimum Gasteiger partial charge on any atom is -0.368 e. The molecule has 1 fully saturated rings. The molecule has 0 bridgehead atoms. The zero-order valence-electron chi connectivity index (χ0n) is 17.9. The number of nitrogens with two attached hydrogens (primary N) is 1. The van der Waals surface area contributed by atoms with Gasteiger partial charge in [-0.05, 0) is 36.4 Å². The summed E-state index contributed by atoms with van der Waals surface area (Å²) in [7, 11) is 0. The van der Waals surface area contributed by atoms with Crippen LogP contribution < -0.4 is 16.0 Å². The summed E-state index contributed by atoms with van der Waals surface area (Å²) in [6, 6.07) is 14.2. The first-order valence-electron chi connectivity index (χ1n) is 10.6. The highest BCUT2D eigenvalue weighted by Crippen LogP contribution is 2.27. The molecule has 1 aliphatic heterocycles. The molecule has 3 N–H and O–H groups in total. The quantitative estimate of drug-likeness (QED) is 0.435. The molecule has 2 amide bonds. The van der Waals surface area contributed by atoms with Crippen LogP contribution in [0.2, 0.25) is 10.0 Å². The predicted molar refractivity (Wildman–Crippen MR) is 134 cm³/mol. The molecule has 11 heteroatoms. The Balaban J connectivity index is 1.35. The number of aromatic nitrogens is 4. The zero-order valence-corrected chi connectivity index (χ0v) is 19.5. The summed E-state index contributed by atoms with van der Waals surface area (Å²) < 4.78 is 0. The van der Waals surface area contributed by atoms with Gasteiger partial charge in [0.2, 0.25) is 5.95 Å². The van der Waals surface area contributed by atoms with Crippen LogP contribution in [0.15, 0.2) is 54.7 Å². The number of fused-ring (bicyclic) bond motifs is 1. The van der Waals surface area contributed by atoms with E-state index in [1.807, 2.05) is 17.0 Å². The van der Waals surface area contributed by atoms with Gasteiger partial charge in [-0.25, -0.2) is 14.8 Å². The lowest BCUT2D eigenvalue weighted by Gasteiger charge is -2.35. The first-order chi connectivity index (χ1) is 16.5. The molecule has 5 rings (SSSR count). The van der Waals surface area contributed by atoms with E-state index >= 15 is 0 Å². The number of nitrogens with zero attached hydrogens (tertiary/aromatic N) is 6. The van der Waals surface area contributed by atoms with Crippen molar-refractivity contribution < 1.29 is 4.79 Å². The lowest BCUT2D eigenvalue weighted by atomic mass is 10.1. The van der Waals surface area contributed by atoms with Crippen molar-refractivity contribution in [1.82, 2.24) is 24.8 Å².